The first-order valence-corrected chi connectivity index (χ1v) is 8.41. The zero-order chi connectivity index (χ0) is 14.1. The highest BCUT2D eigenvalue weighted by Gasteiger charge is 2.51. The van der Waals surface area contributed by atoms with Crippen molar-refractivity contribution in [3.05, 3.63) is 0 Å². The second-order valence-corrected chi connectivity index (χ2v) is 8.27. The average Bonchev–Trinajstić information content (AvgIpc) is 2.71. The van der Waals surface area contributed by atoms with Crippen molar-refractivity contribution in [1.82, 2.24) is 15.5 Å². The van der Waals surface area contributed by atoms with E-state index in [2.05, 4.69) is 10.6 Å². The highest BCUT2D eigenvalue weighted by molar-refractivity contribution is 7.92. The van der Waals surface area contributed by atoms with Gasteiger partial charge < -0.3 is 15.5 Å². The fraction of sp³-hybridized carbons (Fsp3) is 0.917. The maximum atomic E-state index is 12.1. The van der Waals surface area contributed by atoms with Crippen molar-refractivity contribution >= 4 is 15.7 Å². The summed E-state index contributed by atoms with van der Waals surface area (Å²) in [6.45, 7) is 1.99. The Kier molecular flexibility index (Phi) is 4.17. The Hall–Kier alpha value is -0.660. The van der Waals surface area contributed by atoms with Crippen LogP contribution in [0.25, 0.3) is 0 Å². The standard InChI is InChI=1S/C12H23N3O3S/c1-15(2)7-11(16)14-9-12-4-3-5-19(17,18)10(12)6-13-8-12/h10,13H,3-9H2,1-2H3,(H,14,16). The van der Waals surface area contributed by atoms with Crippen LogP contribution >= 0.6 is 0 Å². The molecule has 7 heteroatoms. The van der Waals surface area contributed by atoms with Crippen molar-refractivity contribution in [2.45, 2.75) is 18.1 Å². The molecule has 19 heavy (non-hydrogen) atoms. The minimum atomic E-state index is -3.01. The minimum Gasteiger partial charge on any atom is -0.354 e. The number of hydrogen-bond donors (Lipinski definition) is 2. The summed E-state index contributed by atoms with van der Waals surface area (Å²) in [5.74, 6) is 0.236. The monoisotopic (exact) mass is 289 g/mol. The number of nitrogens with one attached hydrogen (secondary N) is 2. The lowest BCUT2D eigenvalue weighted by Crippen LogP contribution is -2.52. The summed E-state index contributed by atoms with van der Waals surface area (Å²) >= 11 is 0. The topological polar surface area (TPSA) is 78.5 Å². The number of carbonyl (C=O) groups is 1. The van der Waals surface area contributed by atoms with E-state index in [0.29, 0.717) is 32.6 Å². The molecular formula is C12H23N3O3S. The normalized spacial score (nSPS) is 33.1. The maximum Gasteiger partial charge on any atom is 0.234 e. The van der Waals surface area contributed by atoms with Crippen LogP contribution in [0.5, 0.6) is 0 Å². The first kappa shape index (κ1) is 14.7. The molecule has 0 aromatic rings. The molecular weight excluding hydrogens is 266 g/mol. The summed E-state index contributed by atoms with van der Waals surface area (Å²) in [5.41, 5.74) is -0.306. The number of carbonyl (C=O) groups excluding carboxylic acids is 1. The molecule has 2 saturated heterocycles. The van der Waals surface area contributed by atoms with Gasteiger partial charge in [-0.25, -0.2) is 8.42 Å². The highest BCUT2D eigenvalue weighted by atomic mass is 32.2. The van der Waals surface area contributed by atoms with E-state index in [4.69, 9.17) is 0 Å². The number of likely N-dealkylation sites (N-methyl/N-ethyl adjacent to an activating group) is 1. The molecule has 0 bridgehead atoms. The van der Waals surface area contributed by atoms with Crippen LogP contribution in [0.2, 0.25) is 0 Å². The smallest absolute Gasteiger partial charge is 0.234 e. The van der Waals surface area contributed by atoms with E-state index in [1.54, 1.807) is 4.90 Å². The first-order valence-electron chi connectivity index (χ1n) is 6.69. The van der Waals surface area contributed by atoms with E-state index in [0.717, 1.165) is 6.42 Å². The lowest BCUT2D eigenvalue weighted by Gasteiger charge is -2.38. The van der Waals surface area contributed by atoms with Crippen LogP contribution < -0.4 is 10.6 Å². The van der Waals surface area contributed by atoms with E-state index >= 15 is 0 Å². The Labute approximate surface area is 114 Å². The van der Waals surface area contributed by atoms with Crippen molar-refractivity contribution < 1.29 is 13.2 Å². The van der Waals surface area contributed by atoms with Crippen LogP contribution in [0.15, 0.2) is 0 Å². The van der Waals surface area contributed by atoms with Crippen molar-refractivity contribution in [3.63, 3.8) is 0 Å². The number of rotatable bonds is 4. The molecule has 0 aromatic heterocycles. The zero-order valence-corrected chi connectivity index (χ0v) is 12.4. The van der Waals surface area contributed by atoms with Crippen molar-refractivity contribution in [3.8, 4) is 0 Å². The van der Waals surface area contributed by atoms with E-state index in [1.807, 2.05) is 14.1 Å². The van der Waals surface area contributed by atoms with Crippen LogP contribution in [0, 0.1) is 5.41 Å². The summed E-state index contributed by atoms with van der Waals surface area (Å²) in [6.07, 6.45) is 1.57. The van der Waals surface area contributed by atoms with Crippen LogP contribution in [0.1, 0.15) is 12.8 Å². The van der Waals surface area contributed by atoms with Gasteiger partial charge in [0, 0.05) is 25.0 Å². The molecule has 2 heterocycles. The molecule has 2 N–H and O–H groups in total. The van der Waals surface area contributed by atoms with Crippen LogP contribution in [-0.4, -0.2) is 70.5 Å². The van der Waals surface area contributed by atoms with Gasteiger partial charge in [0.15, 0.2) is 9.84 Å². The quantitative estimate of drug-likeness (QED) is 0.682. The highest BCUT2D eigenvalue weighted by Crippen LogP contribution is 2.39. The molecule has 2 aliphatic rings. The molecule has 2 atom stereocenters. The lowest BCUT2D eigenvalue weighted by molar-refractivity contribution is -0.122. The summed E-state index contributed by atoms with van der Waals surface area (Å²) in [6, 6.07) is 0. The Morgan fingerprint density at radius 1 is 1.47 bits per heavy atom. The second kappa shape index (κ2) is 5.38. The number of amides is 1. The molecule has 0 saturated carbocycles. The Morgan fingerprint density at radius 3 is 2.89 bits per heavy atom. The van der Waals surface area contributed by atoms with Gasteiger partial charge in [-0.2, -0.15) is 0 Å². The van der Waals surface area contributed by atoms with Gasteiger partial charge in [-0.05, 0) is 26.9 Å². The predicted molar refractivity (Wildman–Crippen MR) is 73.7 cm³/mol. The molecule has 2 unspecified atom stereocenters. The molecule has 0 spiro atoms. The van der Waals surface area contributed by atoms with Crippen LogP contribution in [0.3, 0.4) is 0 Å². The van der Waals surface area contributed by atoms with E-state index in [9.17, 15) is 13.2 Å². The van der Waals surface area contributed by atoms with E-state index in [-0.39, 0.29) is 22.3 Å². The third-order valence-corrected chi connectivity index (χ3v) is 6.52. The number of sulfone groups is 1. The summed E-state index contributed by atoms with van der Waals surface area (Å²) < 4.78 is 24.3. The second-order valence-electron chi connectivity index (χ2n) is 5.97. The molecule has 0 aliphatic carbocycles. The van der Waals surface area contributed by atoms with Crippen LogP contribution in [0.4, 0.5) is 0 Å². The van der Waals surface area contributed by atoms with Gasteiger partial charge in [-0.15, -0.1) is 0 Å². The summed E-state index contributed by atoms with van der Waals surface area (Å²) in [5, 5.41) is 5.74. The van der Waals surface area contributed by atoms with E-state index in [1.165, 1.54) is 0 Å². The fourth-order valence-electron chi connectivity index (χ4n) is 3.19. The van der Waals surface area contributed by atoms with Crippen molar-refractivity contribution in [2.24, 2.45) is 5.41 Å². The third kappa shape index (κ3) is 3.09. The fourth-order valence-corrected chi connectivity index (χ4v) is 5.44. The Morgan fingerprint density at radius 2 is 2.21 bits per heavy atom. The Bertz CT molecular complexity index is 449. The molecule has 2 aliphatic heterocycles. The van der Waals surface area contributed by atoms with Crippen molar-refractivity contribution in [2.75, 3.05) is 46.0 Å². The molecule has 0 aromatic carbocycles. The number of nitrogens with zero attached hydrogens (tertiary/aromatic N) is 1. The van der Waals surface area contributed by atoms with Gasteiger partial charge in [-0.3, -0.25) is 4.79 Å². The third-order valence-electron chi connectivity index (χ3n) is 4.12. The number of hydrogen-bond acceptors (Lipinski definition) is 5. The molecule has 2 rings (SSSR count). The summed E-state index contributed by atoms with van der Waals surface area (Å²) in [4.78, 5) is 13.5. The predicted octanol–water partition coefficient (Wildman–Crippen LogP) is -1.17. The van der Waals surface area contributed by atoms with Crippen LogP contribution in [-0.2, 0) is 14.6 Å². The van der Waals surface area contributed by atoms with E-state index < -0.39 is 9.84 Å². The average molecular weight is 289 g/mol. The lowest BCUT2D eigenvalue weighted by atomic mass is 9.81. The molecule has 1 amide bonds. The largest absolute Gasteiger partial charge is 0.354 e. The molecule has 2 fully saturated rings. The minimum absolute atomic E-state index is 0.0482. The zero-order valence-electron chi connectivity index (χ0n) is 11.6. The van der Waals surface area contributed by atoms with Gasteiger partial charge in [0.2, 0.25) is 5.91 Å². The summed E-state index contributed by atoms with van der Waals surface area (Å²) in [7, 11) is 0.658. The Balaban J connectivity index is 2.03. The van der Waals surface area contributed by atoms with Gasteiger partial charge >= 0.3 is 0 Å². The molecule has 6 nitrogen and oxygen atoms in total. The first-order chi connectivity index (χ1) is 8.86. The van der Waals surface area contributed by atoms with Gasteiger partial charge in [0.05, 0.1) is 17.5 Å². The van der Waals surface area contributed by atoms with Gasteiger partial charge in [-0.1, -0.05) is 0 Å². The SMILES string of the molecule is CN(C)CC(=O)NCC12CCCS(=O)(=O)C1CNC2. The molecule has 0 radical (unpaired) electrons. The van der Waals surface area contributed by atoms with Gasteiger partial charge in [0.1, 0.15) is 0 Å². The number of fused-ring (bicyclic) bond motifs is 1. The van der Waals surface area contributed by atoms with Gasteiger partial charge in [0.25, 0.3) is 0 Å². The molecule has 110 valence electrons. The maximum absolute atomic E-state index is 12.1. The van der Waals surface area contributed by atoms with Crippen molar-refractivity contribution in [1.29, 1.82) is 0 Å².